The molecule has 0 aliphatic rings. The summed E-state index contributed by atoms with van der Waals surface area (Å²) in [6.45, 7) is 10.1. The predicted molar refractivity (Wildman–Crippen MR) is 85.1 cm³/mol. The Morgan fingerprint density at radius 2 is 1.06 bits per heavy atom. The lowest BCUT2D eigenvalue weighted by atomic mass is 10.0. The molecule has 2 rings (SSSR count). The average Bonchev–Trinajstić information content (AvgIpc) is 2.45. The Morgan fingerprint density at radius 3 is 1.56 bits per heavy atom. The zero-order chi connectivity index (χ0) is 13.1. The van der Waals surface area contributed by atoms with Gasteiger partial charge in [-0.25, -0.2) is 0 Å². The Hall–Kier alpha value is -1.50. The van der Waals surface area contributed by atoms with Crippen molar-refractivity contribution in [3.05, 3.63) is 60.2 Å². The molecule has 0 aliphatic heterocycles. The lowest BCUT2D eigenvalue weighted by molar-refractivity contribution is 1.46. The molecule has 1 heteroatoms. The van der Waals surface area contributed by atoms with Gasteiger partial charge in [-0.2, -0.15) is 0 Å². The van der Waals surface area contributed by atoms with Crippen LogP contribution >= 0.6 is 0 Å². The van der Waals surface area contributed by atoms with E-state index in [4.69, 9.17) is 0 Å². The van der Waals surface area contributed by atoms with Crippen molar-refractivity contribution < 1.29 is 0 Å². The maximum Gasteiger partial charge on any atom is 0 e. The van der Waals surface area contributed by atoms with Crippen molar-refractivity contribution in [2.75, 3.05) is 0 Å². The maximum absolute atomic E-state index is 2.16. The molecule has 0 saturated heterocycles. The van der Waals surface area contributed by atoms with Crippen LogP contribution in [0.5, 0.6) is 0 Å². The largest absolute Gasteiger partial charge is 0.0683 e. The van der Waals surface area contributed by atoms with Crippen molar-refractivity contribution >= 4 is 8.41 Å². The number of hydrogen-bond acceptors (Lipinski definition) is 0. The number of rotatable bonds is 1. The molecule has 0 heterocycles. The normalized spacial score (nSPS) is 7.83. The van der Waals surface area contributed by atoms with Gasteiger partial charge in [0.1, 0.15) is 0 Å². The SMILES string of the molecule is CC.CC.Cc1ccccc1-c1ccccc1.[B]. The van der Waals surface area contributed by atoms with Gasteiger partial charge in [-0.05, 0) is 23.6 Å². The summed E-state index contributed by atoms with van der Waals surface area (Å²) in [7, 11) is 0. The first-order chi connectivity index (χ1) is 8.38. The molecule has 0 nitrogen and oxygen atoms in total. The van der Waals surface area contributed by atoms with Gasteiger partial charge in [0.05, 0.1) is 0 Å². The van der Waals surface area contributed by atoms with Crippen molar-refractivity contribution in [2.45, 2.75) is 34.6 Å². The highest BCUT2D eigenvalue weighted by Gasteiger charge is 1.97. The summed E-state index contributed by atoms with van der Waals surface area (Å²) in [4.78, 5) is 0. The molecule has 0 aromatic heterocycles. The molecule has 0 atom stereocenters. The van der Waals surface area contributed by atoms with Crippen molar-refractivity contribution in [1.29, 1.82) is 0 Å². The van der Waals surface area contributed by atoms with Crippen molar-refractivity contribution in [3.8, 4) is 11.1 Å². The van der Waals surface area contributed by atoms with Gasteiger partial charge in [-0.15, -0.1) is 0 Å². The van der Waals surface area contributed by atoms with Gasteiger partial charge >= 0.3 is 0 Å². The summed E-state index contributed by atoms with van der Waals surface area (Å²) in [5.74, 6) is 0. The first kappa shape index (κ1) is 18.9. The first-order valence-electron chi connectivity index (χ1n) is 6.49. The standard InChI is InChI=1S/C13H12.2C2H6.B/c1-11-7-5-6-10-13(11)12-8-3-2-4-9-12;2*1-2;/h2-10H,1H3;2*1-2H3;. The molecule has 0 saturated carbocycles. The zero-order valence-electron chi connectivity index (χ0n) is 12.3. The Kier molecular flexibility index (Phi) is 12.5. The summed E-state index contributed by atoms with van der Waals surface area (Å²) in [5, 5.41) is 0. The van der Waals surface area contributed by atoms with Gasteiger partial charge in [0.25, 0.3) is 0 Å². The van der Waals surface area contributed by atoms with Crippen molar-refractivity contribution in [2.24, 2.45) is 0 Å². The van der Waals surface area contributed by atoms with Crippen LogP contribution < -0.4 is 0 Å². The molecule has 0 aliphatic carbocycles. The van der Waals surface area contributed by atoms with E-state index in [0.717, 1.165) is 0 Å². The van der Waals surface area contributed by atoms with Crippen LogP contribution in [-0.4, -0.2) is 8.41 Å². The van der Waals surface area contributed by atoms with Crippen molar-refractivity contribution in [1.82, 2.24) is 0 Å². The monoisotopic (exact) mass is 239 g/mol. The molecule has 0 N–H and O–H groups in total. The van der Waals surface area contributed by atoms with Gasteiger partial charge in [-0.3, -0.25) is 0 Å². The van der Waals surface area contributed by atoms with E-state index in [2.05, 4.69) is 55.5 Å². The zero-order valence-corrected chi connectivity index (χ0v) is 12.3. The Morgan fingerprint density at radius 1 is 0.611 bits per heavy atom. The fraction of sp³-hybridized carbons (Fsp3) is 0.294. The molecule has 3 radical (unpaired) electrons. The fourth-order valence-electron chi connectivity index (χ4n) is 1.51. The molecule has 0 fully saturated rings. The minimum Gasteiger partial charge on any atom is -0.0683 e. The smallest absolute Gasteiger partial charge is 0 e. The lowest BCUT2D eigenvalue weighted by Gasteiger charge is -2.04. The molecule has 0 bridgehead atoms. The molecule has 95 valence electrons. The third-order valence-electron chi connectivity index (χ3n) is 2.23. The van der Waals surface area contributed by atoms with Gasteiger partial charge in [0, 0.05) is 8.41 Å². The Labute approximate surface area is 115 Å². The lowest BCUT2D eigenvalue weighted by Crippen LogP contribution is -1.80. The van der Waals surface area contributed by atoms with E-state index in [1.807, 2.05) is 33.8 Å². The summed E-state index contributed by atoms with van der Waals surface area (Å²) in [6, 6.07) is 18.9. The van der Waals surface area contributed by atoms with Crippen LogP contribution in [0.3, 0.4) is 0 Å². The first-order valence-corrected chi connectivity index (χ1v) is 6.49. The van der Waals surface area contributed by atoms with E-state index in [0.29, 0.717) is 0 Å². The summed E-state index contributed by atoms with van der Waals surface area (Å²) < 4.78 is 0. The summed E-state index contributed by atoms with van der Waals surface area (Å²) in [6.07, 6.45) is 0. The van der Waals surface area contributed by atoms with E-state index < -0.39 is 0 Å². The van der Waals surface area contributed by atoms with Gasteiger partial charge in [-0.1, -0.05) is 82.3 Å². The third-order valence-corrected chi connectivity index (χ3v) is 2.23. The quantitative estimate of drug-likeness (QED) is 0.589. The molecule has 2 aromatic carbocycles. The van der Waals surface area contributed by atoms with Gasteiger partial charge < -0.3 is 0 Å². The third kappa shape index (κ3) is 5.72. The minimum atomic E-state index is 0. The van der Waals surface area contributed by atoms with Crippen LogP contribution in [0, 0.1) is 6.92 Å². The molecule has 18 heavy (non-hydrogen) atoms. The highest BCUT2D eigenvalue weighted by Crippen LogP contribution is 2.21. The van der Waals surface area contributed by atoms with Crippen LogP contribution in [0.2, 0.25) is 0 Å². The summed E-state index contributed by atoms with van der Waals surface area (Å²) >= 11 is 0. The Balaban J connectivity index is 0. The second-order valence-electron chi connectivity index (χ2n) is 3.18. The van der Waals surface area contributed by atoms with Crippen LogP contribution in [-0.2, 0) is 0 Å². The molecular formula is C17H24B. The molecule has 0 unspecified atom stereocenters. The van der Waals surface area contributed by atoms with Crippen LogP contribution in [0.4, 0.5) is 0 Å². The number of aryl methyl sites for hydroxylation is 1. The molecule has 0 amide bonds. The maximum atomic E-state index is 2.16. The van der Waals surface area contributed by atoms with Gasteiger partial charge in [0.2, 0.25) is 0 Å². The topological polar surface area (TPSA) is 0 Å². The molecule has 2 aromatic rings. The minimum absolute atomic E-state index is 0. The van der Waals surface area contributed by atoms with Crippen LogP contribution in [0.25, 0.3) is 11.1 Å². The van der Waals surface area contributed by atoms with E-state index in [1.54, 1.807) is 0 Å². The van der Waals surface area contributed by atoms with E-state index >= 15 is 0 Å². The second kappa shape index (κ2) is 12.0. The molecule has 0 spiro atoms. The van der Waals surface area contributed by atoms with E-state index in [-0.39, 0.29) is 8.41 Å². The Bertz CT molecular complexity index is 393. The molecular weight excluding hydrogens is 215 g/mol. The van der Waals surface area contributed by atoms with E-state index in [1.165, 1.54) is 16.7 Å². The fourth-order valence-corrected chi connectivity index (χ4v) is 1.51. The summed E-state index contributed by atoms with van der Waals surface area (Å²) in [5.41, 5.74) is 3.94. The van der Waals surface area contributed by atoms with Crippen molar-refractivity contribution in [3.63, 3.8) is 0 Å². The predicted octanol–water partition coefficient (Wildman–Crippen LogP) is 5.33. The average molecular weight is 239 g/mol. The van der Waals surface area contributed by atoms with Crippen LogP contribution in [0.1, 0.15) is 33.3 Å². The van der Waals surface area contributed by atoms with Gasteiger partial charge in [0.15, 0.2) is 0 Å². The second-order valence-corrected chi connectivity index (χ2v) is 3.18. The van der Waals surface area contributed by atoms with Crippen LogP contribution in [0.15, 0.2) is 54.6 Å². The number of hydrogen-bond donors (Lipinski definition) is 0. The number of benzene rings is 2. The highest BCUT2D eigenvalue weighted by molar-refractivity contribution is 5.75. The highest BCUT2D eigenvalue weighted by atomic mass is 14.0. The van der Waals surface area contributed by atoms with E-state index in [9.17, 15) is 0 Å².